The summed E-state index contributed by atoms with van der Waals surface area (Å²) in [6.45, 7) is 14.2. The third-order valence-corrected chi connectivity index (χ3v) is 9.46. The van der Waals surface area contributed by atoms with Gasteiger partial charge in [-0.1, -0.05) is 20.8 Å². The molecule has 242 valence electrons. The number of nitrogens with zero attached hydrogens (tertiary/aromatic N) is 2. The zero-order valence-corrected chi connectivity index (χ0v) is 27.0. The first kappa shape index (κ1) is 36.3. The molecule has 2 rings (SSSR count). The van der Waals surface area contributed by atoms with Crippen LogP contribution in [0.25, 0.3) is 0 Å². The number of aliphatic hydroxyl groups is 5. The van der Waals surface area contributed by atoms with Gasteiger partial charge in [-0.25, -0.2) is 0 Å². The van der Waals surface area contributed by atoms with E-state index in [2.05, 4.69) is 0 Å². The highest BCUT2D eigenvalue weighted by Crippen LogP contribution is 2.36. The fraction of sp³-hybridized carbons (Fsp3) is 0.967. The molecule has 5 N–H and O–H groups in total. The zero-order chi connectivity index (χ0) is 31.6. The molecule has 2 saturated heterocycles. The van der Waals surface area contributed by atoms with Crippen molar-refractivity contribution in [2.75, 3.05) is 27.7 Å². The van der Waals surface area contributed by atoms with Crippen LogP contribution in [0, 0.1) is 17.8 Å². The first-order valence-corrected chi connectivity index (χ1v) is 15.1. The molecule has 0 spiro atoms. The van der Waals surface area contributed by atoms with Crippen molar-refractivity contribution in [3.63, 3.8) is 0 Å². The van der Waals surface area contributed by atoms with Crippen LogP contribution in [0.2, 0.25) is 0 Å². The van der Waals surface area contributed by atoms with Crippen LogP contribution in [0.3, 0.4) is 0 Å². The molecule has 0 aromatic carbocycles. The monoisotopic (exact) mass is 590 g/mol. The van der Waals surface area contributed by atoms with Crippen LogP contribution in [-0.2, 0) is 19.0 Å². The molecule has 2 aliphatic heterocycles. The Kier molecular flexibility index (Phi) is 12.6. The Balaban J connectivity index is 2.52. The Labute approximate surface area is 246 Å². The average molecular weight is 591 g/mol. The minimum atomic E-state index is -1.75. The van der Waals surface area contributed by atoms with Crippen LogP contribution in [0.5, 0.6) is 0 Å². The maximum atomic E-state index is 13.3. The van der Waals surface area contributed by atoms with E-state index in [-0.39, 0.29) is 30.9 Å². The molecule has 3 unspecified atom stereocenters. The van der Waals surface area contributed by atoms with Crippen molar-refractivity contribution >= 4 is 5.97 Å². The highest BCUT2D eigenvalue weighted by Gasteiger charge is 2.49. The molecule has 0 amide bonds. The van der Waals surface area contributed by atoms with Crippen LogP contribution in [0.15, 0.2) is 0 Å². The van der Waals surface area contributed by atoms with Crippen molar-refractivity contribution in [3.8, 4) is 0 Å². The van der Waals surface area contributed by atoms with Gasteiger partial charge in [0.1, 0.15) is 23.9 Å². The van der Waals surface area contributed by atoms with Crippen LogP contribution >= 0.6 is 0 Å². The highest BCUT2D eigenvalue weighted by molar-refractivity contribution is 5.73. The number of hydrogen-bond acceptors (Lipinski definition) is 11. The van der Waals surface area contributed by atoms with E-state index < -0.39 is 71.9 Å². The predicted octanol–water partition coefficient (Wildman–Crippen LogP) is 0.976. The highest BCUT2D eigenvalue weighted by atomic mass is 16.7. The predicted molar refractivity (Wildman–Crippen MR) is 155 cm³/mol. The maximum absolute atomic E-state index is 13.3. The number of cyclic esters (lactones) is 1. The van der Waals surface area contributed by atoms with E-state index in [1.807, 2.05) is 44.8 Å². The number of carbonyl (C=O) groups excluding carboxylic acids is 1. The molecule has 0 aromatic heterocycles. The smallest absolute Gasteiger partial charge is 0.311 e. The van der Waals surface area contributed by atoms with E-state index in [0.717, 1.165) is 0 Å². The van der Waals surface area contributed by atoms with Crippen LogP contribution in [0.1, 0.15) is 74.7 Å². The molecule has 2 fully saturated rings. The maximum Gasteiger partial charge on any atom is 0.311 e. The largest absolute Gasteiger partial charge is 0.459 e. The number of rotatable bonds is 4. The molecular weight excluding hydrogens is 532 g/mol. The first-order valence-electron chi connectivity index (χ1n) is 15.1. The third-order valence-electron chi connectivity index (χ3n) is 9.46. The SMILES string of the molecule is CC[C@H]1OC(=O)[C@H](C)[C@@H](O)[C@H](C)[C@@H](O[C@@H]2OC(C)CC(N(C)C)C2O)[C@](C)(O)C[C@@H](C)CN(C)[C@H](C)[C@@H](O)[C@]1(C)O. The van der Waals surface area contributed by atoms with Crippen molar-refractivity contribution in [2.45, 2.75) is 141 Å². The number of likely N-dealkylation sites (N-methyl/N-ethyl adjacent to an activating group) is 2. The van der Waals surface area contributed by atoms with E-state index in [1.54, 1.807) is 27.7 Å². The Morgan fingerprint density at radius 2 is 1.63 bits per heavy atom. The molecule has 11 nitrogen and oxygen atoms in total. The van der Waals surface area contributed by atoms with E-state index in [1.165, 1.54) is 13.8 Å². The molecule has 0 radical (unpaired) electrons. The standard InChI is InChI=1S/C30H58N2O9/c1-12-22-30(8,38)25(35)20(6)32(11)15-16(2)14-29(7,37)26(18(4)23(33)19(5)27(36)40-22)41-28-24(34)21(31(9)10)13-17(3)39-28/h16-26,28,33-35,37-38H,12-15H2,1-11H3/t16-,17?,18+,19-,20-,21?,22-,23+,24?,25-,26-,28+,29-,30-/m1/s1. The summed E-state index contributed by atoms with van der Waals surface area (Å²) in [6, 6.07) is -0.733. The average Bonchev–Trinajstić information content (AvgIpc) is 2.87. The lowest BCUT2D eigenvalue weighted by Gasteiger charge is -2.46. The first-order chi connectivity index (χ1) is 18.8. The van der Waals surface area contributed by atoms with Crippen molar-refractivity contribution in [1.29, 1.82) is 0 Å². The molecule has 2 aliphatic rings. The van der Waals surface area contributed by atoms with Crippen LogP contribution < -0.4 is 0 Å². The summed E-state index contributed by atoms with van der Waals surface area (Å²) in [5.74, 6) is -2.65. The van der Waals surface area contributed by atoms with Gasteiger partial charge in [-0.15, -0.1) is 0 Å². The second-order valence-electron chi connectivity index (χ2n) is 13.6. The number of ether oxygens (including phenoxy) is 3. The molecule has 0 aliphatic carbocycles. The van der Waals surface area contributed by atoms with E-state index in [4.69, 9.17) is 14.2 Å². The lowest BCUT2D eigenvalue weighted by Crippen LogP contribution is -2.59. The molecule has 0 saturated carbocycles. The fourth-order valence-corrected chi connectivity index (χ4v) is 6.74. The van der Waals surface area contributed by atoms with Gasteiger partial charge in [0.05, 0.1) is 29.8 Å². The molecule has 0 aromatic rings. The van der Waals surface area contributed by atoms with Gasteiger partial charge in [0.15, 0.2) is 6.29 Å². The number of aliphatic hydroxyl groups excluding tert-OH is 3. The van der Waals surface area contributed by atoms with E-state index in [0.29, 0.717) is 13.0 Å². The third kappa shape index (κ3) is 8.39. The summed E-state index contributed by atoms with van der Waals surface area (Å²) >= 11 is 0. The topological polar surface area (TPSA) is 152 Å². The second kappa shape index (κ2) is 14.3. The van der Waals surface area contributed by atoms with Crippen molar-refractivity contribution < 1.29 is 44.5 Å². The van der Waals surface area contributed by atoms with Crippen molar-refractivity contribution in [1.82, 2.24) is 9.80 Å². The summed E-state index contributed by atoms with van der Waals surface area (Å²) in [5, 5.41) is 57.0. The zero-order valence-electron chi connectivity index (χ0n) is 27.0. The Hall–Kier alpha value is -0.890. The molecule has 11 heteroatoms. The minimum absolute atomic E-state index is 0.0990. The van der Waals surface area contributed by atoms with Gasteiger partial charge in [-0.3, -0.25) is 4.79 Å². The normalized spacial score (nSPS) is 48.4. The van der Waals surface area contributed by atoms with Gasteiger partial charge in [0.25, 0.3) is 0 Å². The second-order valence-corrected chi connectivity index (χ2v) is 13.6. The number of carbonyl (C=O) groups is 1. The Bertz CT molecular complexity index is 841. The summed E-state index contributed by atoms with van der Waals surface area (Å²) in [7, 11) is 5.58. The van der Waals surface area contributed by atoms with Crippen molar-refractivity contribution in [2.24, 2.45) is 17.8 Å². The fourth-order valence-electron chi connectivity index (χ4n) is 6.74. The molecule has 2 heterocycles. The van der Waals surface area contributed by atoms with Gasteiger partial charge in [0, 0.05) is 24.5 Å². The Morgan fingerprint density at radius 3 is 2.17 bits per heavy atom. The van der Waals surface area contributed by atoms with Gasteiger partial charge in [-0.2, -0.15) is 0 Å². The van der Waals surface area contributed by atoms with Gasteiger partial charge in [-0.05, 0) is 80.9 Å². The van der Waals surface area contributed by atoms with Gasteiger partial charge < -0.3 is 49.5 Å². The lowest BCUT2D eigenvalue weighted by atomic mass is 9.78. The summed E-state index contributed by atoms with van der Waals surface area (Å²) < 4.78 is 18.1. The van der Waals surface area contributed by atoms with Crippen LogP contribution in [-0.4, -0.2) is 135 Å². The van der Waals surface area contributed by atoms with Gasteiger partial charge >= 0.3 is 5.97 Å². The van der Waals surface area contributed by atoms with E-state index in [9.17, 15) is 30.3 Å². The summed E-state index contributed by atoms with van der Waals surface area (Å²) in [4.78, 5) is 17.1. The number of hydrogen-bond donors (Lipinski definition) is 5. The quantitative estimate of drug-likeness (QED) is 0.298. The minimum Gasteiger partial charge on any atom is -0.459 e. The Morgan fingerprint density at radius 1 is 1.05 bits per heavy atom. The van der Waals surface area contributed by atoms with E-state index >= 15 is 0 Å². The number of esters is 1. The molecule has 14 atom stereocenters. The van der Waals surface area contributed by atoms with Gasteiger partial charge in [0.2, 0.25) is 0 Å². The van der Waals surface area contributed by atoms with Crippen molar-refractivity contribution in [3.05, 3.63) is 0 Å². The van der Waals surface area contributed by atoms with Crippen LogP contribution in [0.4, 0.5) is 0 Å². The molecule has 41 heavy (non-hydrogen) atoms. The summed E-state index contributed by atoms with van der Waals surface area (Å²) in [5.41, 5.74) is -3.25. The summed E-state index contributed by atoms with van der Waals surface area (Å²) in [6.07, 6.45) is -5.74. The lowest BCUT2D eigenvalue weighted by molar-refractivity contribution is -0.299. The molecule has 0 bridgehead atoms. The molecular formula is C30H58N2O9.